The quantitative estimate of drug-likeness (QED) is 0.795. The van der Waals surface area contributed by atoms with Crippen LogP contribution in [0, 0.1) is 18.3 Å². The molecule has 0 atom stereocenters. The SMILES string of the molecule is Cc1cc(OCc2nnc(SCC#N)n2C)ccc1Cl. The Kier molecular flexibility index (Phi) is 4.88. The first-order valence-electron chi connectivity index (χ1n) is 5.88. The zero-order valence-corrected chi connectivity index (χ0v) is 12.7. The molecule has 2 aromatic rings. The molecule has 0 bridgehead atoms. The second kappa shape index (κ2) is 6.64. The van der Waals surface area contributed by atoms with Crippen LogP contribution in [0.2, 0.25) is 5.02 Å². The van der Waals surface area contributed by atoms with E-state index in [1.807, 2.05) is 30.7 Å². The van der Waals surface area contributed by atoms with Crippen molar-refractivity contribution in [3.05, 3.63) is 34.6 Å². The fourth-order valence-corrected chi connectivity index (χ4v) is 2.26. The normalized spacial score (nSPS) is 10.3. The Morgan fingerprint density at radius 1 is 1.45 bits per heavy atom. The third-order valence-electron chi connectivity index (χ3n) is 2.69. The Hall–Kier alpha value is -1.71. The van der Waals surface area contributed by atoms with Gasteiger partial charge in [-0.05, 0) is 30.7 Å². The van der Waals surface area contributed by atoms with Crippen LogP contribution >= 0.6 is 23.4 Å². The molecule has 2 rings (SSSR count). The van der Waals surface area contributed by atoms with E-state index in [9.17, 15) is 0 Å². The lowest BCUT2D eigenvalue weighted by Crippen LogP contribution is -2.04. The third-order valence-corrected chi connectivity index (χ3v) is 4.00. The highest BCUT2D eigenvalue weighted by molar-refractivity contribution is 7.99. The fourth-order valence-electron chi connectivity index (χ4n) is 1.55. The number of hydrogen-bond donors (Lipinski definition) is 0. The Labute approximate surface area is 126 Å². The minimum Gasteiger partial charge on any atom is -0.486 e. The van der Waals surface area contributed by atoms with Crippen molar-refractivity contribution >= 4 is 23.4 Å². The molecule has 1 aromatic carbocycles. The summed E-state index contributed by atoms with van der Waals surface area (Å²) < 4.78 is 7.49. The number of aryl methyl sites for hydroxylation is 1. The summed E-state index contributed by atoms with van der Waals surface area (Å²) in [6.07, 6.45) is 0. The molecule has 20 heavy (non-hydrogen) atoms. The Balaban J connectivity index is 2.02. The Bertz CT molecular complexity index is 650. The number of nitriles is 1. The van der Waals surface area contributed by atoms with E-state index in [0.29, 0.717) is 28.4 Å². The summed E-state index contributed by atoms with van der Waals surface area (Å²) in [6.45, 7) is 2.24. The minimum absolute atomic E-state index is 0.317. The first-order chi connectivity index (χ1) is 9.61. The van der Waals surface area contributed by atoms with Gasteiger partial charge in [-0.1, -0.05) is 23.4 Å². The summed E-state index contributed by atoms with van der Waals surface area (Å²) in [4.78, 5) is 0. The lowest BCUT2D eigenvalue weighted by Gasteiger charge is -2.07. The van der Waals surface area contributed by atoms with Crippen LogP contribution in [0.5, 0.6) is 5.75 Å². The maximum Gasteiger partial charge on any atom is 0.192 e. The zero-order chi connectivity index (χ0) is 14.5. The molecule has 1 heterocycles. The van der Waals surface area contributed by atoms with Crippen molar-refractivity contribution < 1.29 is 4.74 Å². The summed E-state index contributed by atoms with van der Waals surface area (Å²) >= 11 is 7.31. The van der Waals surface area contributed by atoms with Crippen molar-refractivity contribution in [2.75, 3.05) is 5.75 Å². The summed E-state index contributed by atoms with van der Waals surface area (Å²) in [7, 11) is 1.85. The predicted molar refractivity (Wildman–Crippen MR) is 77.9 cm³/mol. The van der Waals surface area contributed by atoms with E-state index in [-0.39, 0.29) is 0 Å². The average Bonchev–Trinajstić information content (AvgIpc) is 2.79. The molecule has 5 nitrogen and oxygen atoms in total. The van der Waals surface area contributed by atoms with Gasteiger partial charge < -0.3 is 9.30 Å². The van der Waals surface area contributed by atoms with Gasteiger partial charge in [-0.15, -0.1) is 10.2 Å². The highest BCUT2D eigenvalue weighted by Gasteiger charge is 2.09. The van der Waals surface area contributed by atoms with Gasteiger partial charge >= 0.3 is 0 Å². The standard InChI is InChI=1S/C13H13ClN4OS/c1-9-7-10(3-4-11(9)14)19-8-12-16-17-13(18(12)2)20-6-5-15/h3-4,7H,6,8H2,1-2H3. The molecular formula is C13H13ClN4OS. The van der Waals surface area contributed by atoms with Crippen LogP contribution in [-0.4, -0.2) is 20.5 Å². The van der Waals surface area contributed by atoms with Gasteiger partial charge in [-0.2, -0.15) is 5.26 Å². The molecule has 0 aliphatic heterocycles. The average molecular weight is 309 g/mol. The first kappa shape index (κ1) is 14.7. The van der Waals surface area contributed by atoms with E-state index in [4.69, 9.17) is 21.6 Å². The van der Waals surface area contributed by atoms with Crippen LogP contribution in [0.25, 0.3) is 0 Å². The van der Waals surface area contributed by atoms with Gasteiger partial charge in [0.2, 0.25) is 0 Å². The fraction of sp³-hybridized carbons (Fsp3) is 0.308. The van der Waals surface area contributed by atoms with E-state index in [1.165, 1.54) is 11.8 Å². The number of nitrogens with zero attached hydrogens (tertiary/aromatic N) is 4. The second-order valence-corrected chi connectivity index (χ2v) is 5.45. The van der Waals surface area contributed by atoms with Crippen LogP contribution in [0.3, 0.4) is 0 Å². The van der Waals surface area contributed by atoms with Crippen molar-refractivity contribution in [1.82, 2.24) is 14.8 Å². The number of hydrogen-bond acceptors (Lipinski definition) is 5. The lowest BCUT2D eigenvalue weighted by molar-refractivity contribution is 0.290. The van der Waals surface area contributed by atoms with E-state index < -0.39 is 0 Å². The number of halogens is 1. The van der Waals surface area contributed by atoms with Crippen LogP contribution in [0.4, 0.5) is 0 Å². The Morgan fingerprint density at radius 2 is 2.25 bits per heavy atom. The maximum absolute atomic E-state index is 8.56. The highest BCUT2D eigenvalue weighted by Crippen LogP contribution is 2.22. The molecule has 0 fully saturated rings. The largest absolute Gasteiger partial charge is 0.486 e. The van der Waals surface area contributed by atoms with Gasteiger partial charge in [0.25, 0.3) is 0 Å². The molecule has 0 unspecified atom stereocenters. The van der Waals surface area contributed by atoms with Gasteiger partial charge in [0, 0.05) is 12.1 Å². The molecule has 7 heteroatoms. The monoisotopic (exact) mass is 308 g/mol. The number of thioether (sulfide) groups is 1. The van der Waals surface area contributed by atoms with Gasteiger partial charge in [0.1, 0.15) is 12.4 Å². The topological polar surface area (TPSA) is 63.7 Å². The van der Waals surface area contributed by atoms with Crippen molar-refractivity contribution in [3.63, 3.8) is 0 Å². The Morgan fingerprint density at radius 3 is 2.95 bits per heavy atom. The van der Waals surface area contributed by atoms with Crippen LogP contribution in [0.15, 0.2) is 23.4 Å². The third kappa shape index (κ3) is 3.44. The van der Waals surface area contributed by atoms with E-state index in [0.717, 1.165) is 11.3 Å². The van der Waals surface area contributed by atoms with Crippen LogP contribution in [0.1, 0.15) is 11.4 Å². The van der Waals surface area contributed by atoms with E-state index >= 15 is 0 Å². The maximum atomic E-state index is 8.56. The number of aromatic nitrogens is 3. The van der Waals surface area contributed by atoms with Crippen LogP contribution < -0.4 is 4.74 Å². The van der Waals surface area contributed by atoms with Gasteiger partial charge in [-0.3, -0.25) is 0 Å². The molecule has 0 saturated heterocycles. The number of rotatable bonds is 5. The molecular weight excluding hydrogens is 296 g/mol. The molecule has 1 aromatic heterocycles. The summed E-state index contributed by atoms with van der Waals surface area (Å²) in [5, 5.41) is 18.1. The van der Waals surface area contributed by atoms with Crippen molar-refractivity contribution in [3.8, 4) is 11.8 Å². The van der Waals surface area contributed by atoms with E-state index in [1.54, 1.807) is 6.07 Å². The lowest BCUT2D eigenvalue weighted by atomic mass is 10.2. The molecule has 0 N–H and O–H groups in total. The summed E-state index contributed by atoms with van der Waals surface area (Å²) in [6, 6.07) is 7.56. The molecule has 0 saturated carbocycles. The summed E-state index contributed by atoms with van der Waals surface area (Å²) in [5.41, 5.74) is 0.965. The van der Waals surface area contributed by atoms with Crippen LogP contribution in [-0.2, 0) is 13.7 Å². The minimum atomic E-state index is 0.317. The molecule has 0 aliphatic carbocycles. The molecule has 0 radical (unpaired) electrons. The molecule has 0 amide bonds. The van der Waals surface area contributed by atoms with Crippen molar-refractivity contribution in [2.24, 2.45) is 7.05 Å². The predicted octanol–water partition coefficient (Wildman–Crippen LogP) is 2.97. The number of benzene rings is 1. The first-order valence-corrected chi connectivity index (χ1v) is 7.25. The van der Waals surface area contributed by atoms with Gasteiger partial charge in [0.15, 0.2) is 11.0 Å². The van der Waals surface area contributed by atoms with Crippen molar-refractivity contribution in [1.29, 1.82) is 5.26 Å². The smallest absolute Gasteiger partial charge is 0.192 e. The van der Waals surface area contributed by atoms with Crippen molar-refractivity contribution in [2.45, 2.75) is 18.7 Å². The van der Waals surface area contributed by atoms with E-state index in [2.05, 4.69) is 16.3 Å². The molecule has 104 valence electrons. The highest BCUT2D eigenvalue weighted by atomic mass is 35.5. The van der Waals surface area contributed by atoms with Gasteiger partial charge in [0.05, 0.1) is 11.8 Å². The number of ether oxygens (including phenoxy) is 1. The molecule has 0 spiro atoms. The zero-order valence-electron chi connectivity index (χ0n) is 11.1. The second-order valence-electron chi connectivity index (χ2n) is 4.10. The van der Waals surface area contributed by atoms with Gasteiger partial charge in [-0.25, -0.2) is 0 Å². The molecule has 0 aliphatic rings. The summed E-state index contributed by atoms with van der Waals surface area (Å²) in [5.74, 6) is 1.79.